The molecule has 9 heteroatoms. The fourth-order valence-electron chi connectivity index (χ4n) is 3.96. The third-order valence-electron chi connectivity index (χ3n) is 5.67. The first kappa shape index (κ1) is 19.6. The van der Waals surface area contributed by atoms with E-state index in [1.807, 2.05) is 29.8 Å². The number of hydrogen-bond donors (Lipinski definition) is 2. The van der Waals surface area contributed by atoms with Crippen molar-refractivity contribution in [3.63, 3.8) is 0 Å². The van der Waals surface area contributed by atoms with Gasteiger partial charge in [-0.1, -0.05) is 6.07 Å². The molecule has 2 aromatic heterocycles. The smallest absolute Gasteiger partial charge is 0.255 e. The standard InChI is InChI=1S/C22H25N5O4/c1-2-27-21-16(12-25-27)20(26-15-5-7-29-8-6-15)17(11-23-21)22(28)24-10-14-3-4-18-19(9-14)31-13-30-18/h3-4,9,11-12,15H,2,5-8,10,13H2,1H3,(H,23,26)(H,24,28). The molecule has 5 rings (SSSR count). The van der Waals surface area contributed by atoms with Crippen molar-refractivity contribution in [1.82, 2.24) is 20.1 Å². The lowest BCUT2D eigenvalue weighted by molar-refractivity contribution is 0.0904. The summed E-state index contributed by atoms with van der Waals surface area (Å²) in [7, 11) is 0. The van der Waals surface area contributed by atoms with E-state index < -0.39 is 0 Å². The number of aromatic nitrogens is 3. The third-order valence-corrected chi connectivity index (χ3v) is 5.67. The van der Waals surface area contributed by atoms with Crippen molar-refractivity contribution >= 4 is 22.6 Å². The predicted octanol–water partition coefficient (Wildman–Crippen LogP) is 2.70. The molecule has 1 aromatic carbocycles. The summed E-state index contributed by atoms with van der Waals surface area (Å²) in [6, 6.07) is 5.90. The number of aryl methyl sites for hydroxylation is 1. The van der Waals surface area contributed by atoms with Crippen LogP contribution >= 0.6 is 0 Å². The Morgan fingerprint density at radius 3 is 2.87 bits per heavy atom. The van der Waals surface area contributed by atoms with E-state index in [0.29, 0.717) is 37.6 Å². The second-order valence-corrected chi connectivity index (χ2v) is 7.65. The van der Waals surface area contributed by atoms with Gasteiger partial charge in [0.15, 0.2) is 17.1 Å². The number of anilines is 1. The lowest BCUT2D eigenvalue weighted by Crippen LogP contribution is -2.30. The molecule has 0 aliphatic carbocycles. The average molecular weight is 423 g/mol. The number of nitrogens with zero attached hydrogens (tertiary/aromatic N) is 3. The number of hydrogen-bond acceptors (Lipinski definition) is 7. The van der Waals surface area contributed by atoms with Crippen molar-refractivity contribution in [2.75, 3.05) is 25.3 Å². The first-order chi connectivity index (χ1) is 15.2. The maximum absolute atomic E-state index is 13.1. The number of pyridine rings is 1. The molecule has 0 saturated carbocycles. The quantitative estimate of drug-likeness (QED) is 0.629. The zero-order chi connectivity index (χ0) is 21.2. The molecular weight excluding hydrogens is 398 g/mol. The van der Waals surface area contributed by atoms with Gasteiger partial charge in [0, 0.05) is 38.5 Å². The highest BCUT2D eigenvalue weighted by Gasteiger charge is 2.22. The van der Waals surface area contributed by atoms with Crippen molar-refractivity contribution in [3.8, 4) is 11.5 Å². The van der Waals surface area contributed by atoms with Crippen molar-refractivity contribution in [3.05, 3.63) is 41.7 Å². The van der Waals surface area contributed by atoms with E-state index in [2.05, 4.69) is 20.7 Å². The van der Waals surface area contributed by atoms with Gasteiger partial charge < -0.3 is 24.8 Å². The topological polar surface area (TPSA) is 99.5 Å². The molecule has 0 unspecified atom stereocenters. The van der Waals surface area contributed by atoms with Crippen LogP contribution in [0, 0.1) is 0 Å². The number of amides is 1. The van der Waals surface area contributed by atoms with E-state index in [9.17, 15) is 4.79 Å². The normalized spacial score (nSPS) is 15.9. The van der Waals surface area contributed by atoms with Crippen LogP contribution in [-0.4, -0.2) is 46.7 Å². The van der Waals surface area contributed by atoms with Crippen LogP contribution in [0.4, 0.5) is 5.69 Å². The Morgan fingerprint density at radius 2 is 2.03 bits per heavy atom. The number of carbonyl (C=O) groups excluding carboxylic acids is 1. The zero-order valence-corrected chi connectivity index (χ0v) is 17.4. The van der Waals surface area contributed by atoms with Crippen LogP contribution < -0.4 is 20.1 Å². The minimum absolute atomic E-state index is 0.189. The van der Waals surface area contributed by atoms with Gasteiger partial charge in [-0.25, -0.2) is 9.67 Å². The van der Waals surface area contributed by atoms with Crippen molar-refractivity contribution in [2.45, 2.75) is 38.9 Å². The average Bonchev–Trinajstić information content (AvgIpc) is 3.44. The minimum atomic E-state index is -0.189. The molecule has 31 heavy (non-hydrogen) atoms. The molecule has 0 atom stereocenters. The lowest BCUT2D eigenvalue weighted by atomic mass is 10.1. The van der Waals surface area contributed by atoms with Crippen LogP contribution in [0.25, 0.3) is 11.0 Å². The Labute approximate surface area is 179 Å². The molecule has 0 bridgehead atoms. The summed E-state index contributed by atoms with van der Waals surface area (Å²) >= 11 is 0. The highest BCUT2D eigenvalue weighted by molar-refractivity contribution is 6.06. The van der Waals surface area contributed by atoms with Crippen molar-refractivity contribution in [1.29, 1.82) is 0 Å². The lowest BCUT2D eigenvalue weighted by Gasteiger charge is -2.25. The van der Waals surface area contributed by atoms with Crippen LogP contribution in [0.1, 0.15) is 35.7 Å². The van der Waals surface area contributed by atoms with Crippen molar-refractivity contribution < 1.29 is 19.0 Å². The molecule has 2 aliphatic rings. The van der Waals surface area contributed by atoms with Crippen LogP contribution in [0.2, 0.25) is 0 Å². The van der Waals surface area contributed by atoms with Gasteiger partial charge >= 0.3 is 0 Å². The highest BCUT2D eigenvalue weighted by Crippen LogP contribution is 2.32. The molecule has 4 heterocycles. The molecule has 162 valence electrons. The van der Waals surface area contributed by atoms with Gasteiger partial charge in [-0.05, 0) is 37.5 Å². The molecular formula is C22H25N5O4. The van der Waals surface area contributed by atoms with Gasteiger partial charge in [0.2, 0.25) is 6.79 Å². The molecule has 1 fully saturated rings. The number of nitrogens with one attached hydrogen (secondary N) is 2. The first-order valence-corrected chi connectivity index (χ1v) is 10.6. The number of rotatable bonds is 6. The van der Waals surface area contributed by atoms with Crippen LogP contribution in [-0.2, 0) is 17.8 Å². The fourth-order valence-corrected chi connectivity index (χ4v) is 3.96. The van der Waals surface area contributed by atoms with E-state index in [4.69, 9.17) is 14.2 Å². The summed E-state index contributed by atoms with van der Waals surface area (Å²) in [5, 5.41) is 11.9. The van der Waals surface area contributed by atoms with Crippen LogP contribution in [0.5, 0.6) is 11.5 Å². The summed E-state index contributed by atoms with van der Waals surface area (Å²) in [5.41, 5.74) is 2.99. The van der Waals surface area contributed by atoms with E-state index in [1.54, 1.807) is 12.4 Å². The predicted molar refractivity (Wildman–Crippen MR) is 114 cm³/mol. The minimum Gasteiger partial charge on any atom is -0.454 e. The molecule has 0 radical (unpaired) electrons. The van der Waals surface area contributed by atoms with Gasteiger partial charge in [-0.2, -0.15) is 5.10 Å². The van der Waals surface area contributed by atoms with Gasteiger partial charge in [0.05, 0.1) is 22.8 Å². The Kier molecular flexibility index (Phi) is 5.33. The van der Waals surface area contributed by atoms with Gasteiger partial charge in [0.25, 0.3) is 5.91 Å². The Bertz CT molecular complexity index is 1110. The zero-order valence-electron chi connectivity index (χ0n) is 17.4. The number of carbonyl (C=O) groups is 1. The summed E-state index contributed by atoms with van der Waals surface area (Å²) in [5.74, 6) is 1.23. The van der Waals surface area contributed by atoms with E-state index >= 15 is 0 Å². The van der Waals surface area contributed by atoms with Gasteiger partial charge in [-0.3, -0.25) is 4.79 Å². The second kappa shape index (κ2) is 8.43. The molecule has 2 N–H and O–H groups in total. The Hall–Kier alpha value is -3.33. The number of ether oxygens (including phenoxy) is 3. The van der Waals surface area contributed by atoms with E-state index in [-0.39, 0.29) is 18.7 Å². The summed E-state index contributed by atoms with van der Waals surface area (Å²) < 4.78 is 18.1. The van der Waals surface area contributed by atoms with Gasteiger partial charge in [-0.15, -0.1) is 0 Å². The Balaban J connectivity index is 1.40. The van der Waals surface area contributed by atoms with Crippen LogP contribution in [0.15, 0.2) is 30.6 Å². The maximum Gasteiger partial charge on any atom is 0.255 e. The van der Waals surface area contributed by atoms with Crippen molar-refractivity contribution in [2.24, 2.45) is 0 Å². The maximum atomic E-state index is 13.1. The molecule has 3 aromatic rings. The fraction of sp³-hybridized carbons (Fsp3) is 0.409. The molecule has 2 aliphatic heterocycles. The molecule has 9 nitrogen and oxygen atoms in total. The number of fused-ring (bicyclic) bond motifs is 2. The Morgan fingerprint density at radius 1 is 1.19 bits per heavy atom. The summed E-state index contributed by atoms with van der Waals surface area (Å²) in [6.07, 6.45) is 5.20. The molecule has 0 spiro atoms. The van der Waals surface area contributed by atoms with Crippen LogP contribution in [0.3, 0.4) is 0 Å². The summed E-state index contributed by atoms with van der Waals surface area (Å²) in [6.45, 7) is 4.76. The molecule has 1 saturated heterocycles. The van der Waals surface area contributed by atoms with E-state index in [0.717, 1.165) is 40.9 Å². The van der Waals surface area contributed by atoms with Gasteiger partial charge in [0.1, 0.15) is 0 Å². The largest absolute Gasteiger partial charge is 0.454 e. The monoisotopic (exact) mass is 423 g/mol. The first-order valence-electron chi connectivity index (χ1n) is 10.6. The second-order valence-electron chi connectivity index (χ2n) is 7.65. The highest BCUT2D eigenvalue weighted by atomic mass is 16.7. The third kappa shape index (κ3) is 3.88. The summed E-state index contributed by atoms with van der Waals surface area (Å²) in [4.78, 5) is 17.7. The molecule has 1 amide bonds. The van der Waals surface area contributed by atoms with E-state index in [1.165, 1.54) is 0 Å². The SMILES string of the molecule is CCn1ncc2c(NC3CCOCC3)c(C(=O)NCc3ccc4c(c3)OCO4)cnc21. The number of benzene rings is 1.